The highest BCUT2D eigenvalue weighted by molar-refractivity contribution is 5.96. The highest BCUT2D eigenvalue weighted by atomic mass is 16.5. The lowest BCUT2D eigenvalue weighted by atomic mass is 10.2. The lowest BCUT2D eigenvalue weighted by molar-refractivity contribution is 0.0952. The number of aromatic nitrogens is 1. The van der Waals surface area contributed by atoms with Crippen molar-refractivity contribution >= 4 is 5.91 Å². The third-order valence-electron chi connectivity index (χ3n) is 1.92. The zero-order chi connectivity index (χ0) is 10.6. The normalized spacial score (nSPS) is 10.2. The van der Waals surface area contributed by atoms with E-state index in [1.807, 2.05) is 7.05 Å². The molecule has 0 saturated carbocycles. The van der Waals surface area contributed by atoms with Gasteiger partial charge in [-0.3, -0.25) is 4.79 Å². The number of hydrogen-bond acceptors (Lipinski definition) is 4. The minimum absolute atomic E-state index is 0.128. The van der Waals surface area contributed by atoms with Gasteiger partial charge in [-0.1, -0.05) is 5.16 Å². The van der Waals surface area contributed by atoms with Gasteiger partial charge in [0, 0.05) is 13.1 Å². The molecule has 0 aliphatic rings. The van der Waals surface area contributed by atoms with E-state index in [1.165, 1.54) is 0 Å². The molecule has 0 aliphatic carbocycles. The van der Waals surface area contributed by atoms with Gasteiger partial charge in [-0.2, -0.15) is 0 Å². The zero-order valence-corrected chi connectivity index (χ0v) is 8.68. The van der Waals surface area contributed by atoms with Crippen LogP contribution in [0.2, 0.25) is 0 Å². The molecule has 2 N–H and O–H groups in total. The predicted octanol–water partition coefficient (Wildman–Crippen LogP) is 0.241. The van der Waals surface area contributed by atoms with Crippen molar-refractivity contribution in [2.75, 3.05) is 20.1 Å². The van der Waals surface area contributed by atoms with Crippen LogP contribution in [0.1, 0.15) is 21.8 Å². The van der Waals surface area contributed by atoms with E-state index < -0.39 is 0 Å². The number of hydrogen-bond donors (Lipinski definition) is 2. The summed E-state index contributed by atoms with van der Waals surface area (Å²) >= 11 is 0. The summed E-state index contributed by atoms with van der Waals surface area (Å²) in [7, 11) is 1.84. The summed E-state index contributed by atoms with van der Waals surface area (Å²) in [5.41, 5.74) is 1.17. The van der Waals surface area contributed by atoms with Gasteiger partial charge in [0.05, 0.1) is 5.69 Å². The molecule has 1 aromatic rings. The lowest BCUT2D eigenvalue weighted by Gasteiger charge is -2.03. The van der Waals surface area contributed by atoms with Crippen molar-refractivity contribution in [3.63, 3.8) is 0 Å². The van der Waals surface area contributed by atoms with Gasteiger partial charge in [-0.05, 0) is 20.9 Å². The van der Waals surface area contributed by atoms with Crippen molar-refractivity contribution in [3.05, 3.63) is 17.0 Å². The molecule has 0 saturated heterocycles. The highest BCUT2D eigenvalue weighted by Crippen LogP contribution is 2.11. The summed E-state index contributed by atoms with van der Waals surface area (Å²) < 4.78 is 4.90. The molecule has 0 spiro atoms. The molecule has 0 fully saturated rings. The van der Waals surface area contributed by atoms with Crippen LogP contribution in [0.5, 0.6) is 0 Å². The van der Waals surface area contributed by atoms with Gasteiger partial charge in [-0.25, -0.2) is 0 Å². The SMILES string of the molecule is CNCCNC(=O)c1c(C)noc1C. The number of nitrogens with one attached hydrogen (secondary N) is 2. The number of nitrogens with zero attached hydrogens (tertiary/aromatic N) is 1. The molecule has 14 heavy (non-hydrogen) atoms. The van der Waals surface area contributed by atoms with E-state index >= 15 is 0 Å². The van der Waals surface area contributed by atoms with Crippen molar-refractivity contribution in [1.82, 2.24) is 15.8 Å². The van der Waals surface area contributed by atoms with Crippen molar-refractivity contribution in [2.45, 2.75) is 13.8 Å². The summed E-state index contributed by atoms with van der Waals surface area (Å²) in [6.45, 7) is 4.82. The zero-order valence-electron chi connectivity index (χ0n) is 8.68. The van der Waals surface area contributed by atoms with Gasteiger partial charge in [0.15, 0.2) is 0 Å². The highest BCUT2D eigenvalue weighted by Gasteiger charge is 2.16. The van der Waals surface area contributed by atoms with Crippen LogP contribution in [-0.4, -0.2) is 31.2 Å². The van der Waals surface area contributed by atoms with Crippen molar-refractivity contribution in [1.29, 1.82) is 0 Å². The first-order chi connectivity index (χ1) is 6.66. The minimum atomic E-state index is -0.128. The van der Waals surface area contributed by atoms with E-state index in [9.17, 15) is 4.79 Å². The number of carbonyl (C=O) groups is 1. The Balaban J connectivity index is 2.60. The molecule has 1 rings (SSSR count). The van der Waals surface area contributed by atoms with Gasteiger partial charge in [0.1, 0.15) is 11.3 Å². The molecule has 1 amide bonds. The summed E-state index contributed by atoms with van der Waals surface area (Å²) in [4.78, 5) is 11.6. The fraction of sp³-hybridized carbons (Fsp3) is 0.556. The summed E-state index contributed by atoms with van der Waals surface area (Å²) in [6.07, 6.45) is 0. The van der Waals surface area contributed by atoms with Crippen LogP contribution in [0.3, 0.4) is 0 Å². The fourth-order valence-electron chi connectivity index (χ4n) is 1.20. The molecule has 0 aliphatic heterocycles. The van der Waals surface area contributed by atoms with Crippen LogP contribution in [-0.2, 0) is 0 Å². The van der Waals surface area contributed by atoms with Crippen LogP contribution in [0, 0.1) is 13.8 Å². The van der Waals surface area contributed by atoms with Crippen LogP contribution in [0.4, 0.5) is 0 Å². The van der Waals surface area contributed by atoms with Crippen molar-refractivity contribution in [3.8, 4) is 0 Å². The van der Waals surface area contributed by atoms with Gasteiger partial charge in [0.25, 0.3) is 5.91 Å². The van der Waals surface area contributed by atoms with E-state index in [0.29, 0.717) is 23.6 Å². The maximum absolute atomic E-state index is 11.6. The van der Waals surface area contributed by atoms with Crippen LogP contribution >= 0.6 is 0 Å². The molecule has 0 aromatic carbocycles. The standard InChI is InChI=1S/C9H15N3O2/c1-6-8(7(2)14-12-6)9(13)11-5-4-10-3/h10H,4-5H2,1-3H3,(H,11,13). The van der Waals surface area contributed by atoms with Gasteiger partial charge < -0.3 is 15.2 Å². The quantitative estimate of drug-likeness (QED) is 0.678. The Bertz CT molecular complexity index is 300. The number of amides is 1. The molecule has 1 heterocycles. The largest absolute Gasteiger partial charge is 0.361 e. The molecule has 0 atom stereocenters. The average Bonchev–Trinajstić information content (AvgIpc) is 2.46. The topological polar surface area (TPSA) is 67.2 Å². The second-order valence-electron chi connectivity index (χ2n) is 3.06. The van der Waals surface area contributed by atoms with Crippen LogP contribution in [0.15, 0.2) is 4.52 Å². The molecule has 5 nitrogen and oxygen atoms in total. The molecule has 0 radical (unpaired) electrons. The molecule has 5 heteroatoms. The van der Waals surface area contributed by atoms with Gasteiger partial charge in [-0.15, -0.1) is 0 Å². The predicted molar refractivity (Wildman–Crippen MR) is 52.2 cm³/mol. The number of rotatable bonds is 4. The average molecular weight is 197 g/mol. The Kier molecular flexibility index (Phi) is 3.64. The van der Waals surface area contributed by atoms with Crippen molar-refractivity contribution < 1.29 is 9.32 Å². The Labute approximate surface area is 82.8 Å². The van der Waals surface area contributed by atoms with Crippen LogP contribution < -0.4 is 10.6 Å². The summed E-state index contributed by atoms with van der Waals surface area (Å²) in [5.74, 6) is 0.431. The Morgan fingerprint density at radius 3 is 2.64 bits per heavy atom. The van der Waals surface area contributed by atoms with Crippen molar-refractivity contribution in [2.24, 2.45) is 0 Å². The molecule has 78 valence electrons. The smallest absolute Gasteiger partial charge is 0.256 e. The third kappa shape index (κ3) is 2.32. The minimum Gasteiger partial charge on any atom is -0.361 e. The number of likely N-dealkylation sites (N-methyl/N-ethyl adjacent to an activating group) is 1. The van der Waals surface area contributed by atoms with Gasteiger partial charge in [0.2, 0.25) is 0 Å². The molecular weight excluding hydrogens is 182 g/mol. The van der Waals surface area contributed by atoms with E-state index in [2.05, 4.69) is 15.8 Å². The molecule has 1 aromatic heterocycles. The van der Waals surface area contributed by atoms with Crippen LogP contribution in [0.25, 0.3) is 0 Å². The van der Waals surface area contributed by atoms with Gasteiger partial charge >= 0.3 is 0 Å². The second-order valence-corrected chi connectivity index (χ2v) is 3.06. The fourth-order valence-corrected chi connectivity index (χ4v) is 1.20. The summed E-state index contributed by atoms with van der Waals surface area (Å²) in [5, 5.41) is 9.42. The first-order valence-electron chi connectivity index (χ1n) is 4.52. The lowest BCUT2D eigenvalue weighted by Crippen LogP contribution is -2.30. The molecule has 0 unspecified atom stereocenters. The van der Waals surface area contributed by atoms with E-state index in [0.717, 1.165) is 6.54 Å². The van der Waals surface area contributed by atoms with E-state index in [-0.39, 0.29) is 5.91 Å². The maximum Gasteiger partial charge on any atom is 0.256 e. The van der Waals surface area contributed by atoms with E-state index in [4.69, 9.17) is 4.52 Å². The Morgan fingerprint density at radius 2 is 2.14 bits per heavy atom. The summed E-state index contributed by atoms with van der Waals surface area (Å²) in [6, 6.07) is 0. The first kappa shape index (κ1) is 10.7. The second kappa shape index (κ2) is 4.76. The Hall–Kier alpha value is -1.36. The Morgan fingerprint density at radius 1 is 1.43 bits per heavy atom. The number of aryl methyl sites for hydroxylation is 2. The monoisotopic (exact) mass is 197 g/mol. The number of carbonyl (C=O) groups excluding carboxylic acids is 1. The molecule has 0 bridgehead atoms. The van der Waals surface area contributed by atoms with E-state index in [1.54, 1.807) is 13.8 Å². The molecular formula is C9H15N3O2. The first-order valence-corrected chi connectivity index (χ1v) is 4.52. The maximum atomic E-state index is 11.6. The third-order valence-corrected chi connectivity index (χ3v) is 1.92.